The van der Waals surface area contributed by atoms with E-state index >= 15 is 0 Å². The van der Waals surface area contributed by atoms with Crippen LogP contribution in [0.3, 0.4) is 0 Å². The summed E-state index contributed by atoms with van der Waals surface area (Å²) >= 11 is 0. The number of halogens is 1. The molecule has 0 radical (unpaired) electrons. The number of nitrogens with zero attached hydrogens (tertiary/aromatic N) is 4. The fourth-order valence-corrected chi connectivity index (χ4v) is 2.59. The van der Waals surface area contributed by atoms with Gasteiger partial charge in [-0.15, -0.1) is 5.10 Å². The first-order chi connectivity index (χ1) is 11.0. The second kappa shape index (κ2) is 6.15. The molecule has 2 heterocycles. The number of likely N-dealkylation sites (tertiary alicyclic amines) is 1. The molecular formula is C15H16FN5O2. The standard InChI is InChI=1S/C15H16FN5O2/c16-11-1-3-12(4-2-11)21-18-9-13(19-21)15(23)20-7-5-10(6-8-20)14(17)22/h1-4,9-10H,5-8H2,(H2,17,22). The van der Waals surface area contributed by atoms with E-state index in [2.05, 4.69) is 10.2 Å². The van der Waals surface area contributed by atoms with Crippen LogP contribution in [0, 0.1) is 11.7 Å². The molecule has 120 valence electrons. The van der Waals surface area contributed by atoms with Crippen molar-refractivity contribution in [2.75, 3.05) is 13.1 Å². The lowest BCUT2D eigenvalue weighted by atomic mass is 9.96. The first-order valence-electron chi connectivity index (χ1n) is 7.31. The largest absolute Gasteiger partial charge is 0.369 e. The van der Waals surface area contributed by atoms with Crippen molar-refractivity contribution in [3.05, 3.63) is 42.0 Å². The maximum atomic E-state index is 12.9. The second-order valence-electron chi connectivity index (χ2n) is 5.46. The molecular weight excluding hydrogens is 301 g/mol. The number of nitrogens with two attached hydrogens (primary N) is 1. The molecule has 1 aliphatic heterocycles. The Morgan fingerprint density at radius 2 is 1.83 bits per heavy atom. The van der Waals surface area contributed by atoms with Crippen LogP contribution in [0.4, 0.5) is 4.39 Å². The maximum Gasteiger partial charge on any atom is 0.276 e. The molecule has 23 heavy (non-hydrogen) atoms. The third kappa shape index (κ3) is 3.20. The van der Waals surface area contributed by atoms with E-state index in [9.17, 15) is 14.0 Å². The van der Waals surface area contributed by atoms with Gasteiger partial charge in [0.2, 0.25) is 5.91 Å². The Labute approximate surface area is 131 Å². The highest BCUT2D eigenvalue weighted by Gasteiger charge is 2.27. The summed E-state index contributed by atoms with van der Waals surface area (Å²) in [7, 11) is 0. The fourth-order valence-electron chi connectivity index (χ4n) is 2.59. The minimum Gasteiger partial charge on any atom is -0.369 e. The van der Waals surface area contributed by atoms with Crippen LogP contribution in [0.25, 0.3) is 5.69 Å². The molecule has 0 unspecified atom stereocenters. The van der Waals surface area contributed by atoms with E-state index < -0.39 is 0 Å². The van der Waals surface area contributed by atoms with Crippen molar-refractivity contribution in [2.45, 2.75) is 12.8 Å². The third-order valence-corrected chi connectivity index (χ3v) is 3.95. The Kier molecular flexibility index (Phi) is 4.05. The van der Waals surface area contributed by atoms with Crippen molar-refractivity contribution in [1.29, 1.82) is 0 Å². The van der Waals surface area contributed by atoms with Crippen LogP contribution < -0.4 is 5.73 Å². The van der Waals surface area contributed by atoms with E-state index in [1.54, 1.807) is 4.90 Å². The second-order valence-corrected chi connectivity index (χ2v) is 5.46. The van der Waals surface area contributed by atoms with E-state index in [1.165, 1.54) is 35.3 Å². The highest BCUT2D eigenvalue weighted by Crippen LogP contribution is 2.18. The molecule has 1 saturated heterocycles. The summed E-state index contributed by atoms with van der Waals surface area (Å²) in [5.74, 6) is -1.08. The maximum absolute atomic E-state index is 12.9. The van der Waals surface area contributed by atoms with Gasteiger partial charge in [0.25, 0.3) is 5.91 Å². The molecule has 2 aromatic rings. The highest BCUT2D eigenvalue weighted by molar-refractivity contribution is 5.92. The normalized spacial score (nSPS) is 15.6. The Bertz CT molecular complexity index is 720. The number of benzene rings is 1. The summed E-state index contributed by atoms with van der Waals surface area (Å²) in [5, 5.41) is 8.18. The fraction of sp³-hybridized carbons (Fsp3) is 0.333. The molecule has 0 saturated carbocycles. The minimum absolute atomic E-state index is 0.172. The number of aromatic nitrogens is 3. The molecule has 8 heteroatoms. The van der Waals surface area contributed by atoms with Crippen molar-refractivity contribution in [3.8, 4) is 5.69 Å². The lowest BCUT2D eigenvalue weighted by molar-refractivity contribution is -0.123. The molecule has 1 fully saturated rings. The zero-order valence-electron chi connectivity index (χ0n) is 12.4. The van der Waals surface area contributed by atoms with Gasteiger partial charge in [-0.25, -0.2) is 4.39 Å². The number of primary amides is 1. The summed E-state index contributed by atoms with van der Waals surface area (Å²) in [6.45, 7) is 0.936. The zero-order chi connectivity index (χ0) is 16.4. The minimum atomic E-state index is -0.352. The van der Waals surface area contributed by atoms with Gasteiger partial charge in [-0.2, -0.15) is 9.90 Å². The van der Waals surface area contributed by atoms with Gasteiger partial charge in [-0.05, 0) is 37.1 Å². The topological polar surface area (TPSA) is 94.1 Å². The lowest BCUT2D eigenvalue weighted by Crippen LogP contribution is -2.41. The number of hydrogen-bond acceptors (Lipinski definition) is 4. The Hall–Kier alpha value is -2.77. The summed E-state index contributed by atoms with van der Waals surface area (Å²) in [4.78, 5) is 26.5. The molecule has 0 bridgehead atoms. The summed E-state index contributed by atoms with van der Waals surface area (Å²) in [6.07, 6.45) is 2.51. The first-order valence-corrected chi connectivity index (χ1v) is 7.31. The van der Waals surface area contributed by atoms with Crippen molar-refractivity contribution >= 4 is 11.8 Å². The number of piperidine rings is 1. The molecule has 0 aliphatic carbocycles. The quantitative estimate of drug-likeness (QED) is 0.903. The van der Waals surface area contributed by atoms with Gasteiger partial charge in [0, 0.05) is 19.0 Å². The van der Waals surface area contributed by atoms with Gasteiger partial charge in [0.1, 0.15) is 5.82 Å². The van der Waals surface area contributed by atoms with Crippen molar-refractivity contribution in [3.63, 3.8) is 0 Å². The van der Waals surface area contributed by atoms with Gasteiger partial charge >= 0.3 is 0 Å². The van der Waals surface area contributed by atoms with Gasteiger partial charge < -0.3 is 10.6 Å². The van der Waals surface area contributed by atoms with Crippen LogP contribution in [0.15, 0.2) is 30.5 Å². The van der Waals surface area contributed by atoms with Crippen LogP contribution in [0.2, 0.25) is 0 Å². The van der Waals surface area contributed by atoms with Crippen molar-refractivity contribution in [2.24, 2.45) is 11.7 Å². The molecule has 1 aromatic carbocycles. The monoisotopic (exact) mass is 317 g/mol. The van der Waals surface area contributed by atoms with Crippen LogP contribution in [0.5, 0.6) is 0 Å². The molecule has 7 nitrogen and oxygen atoms in total. The average molecular weight is 317 g/mol. The Balaban J connectivity index is 1.69. The van der Waals surface area contributed by atoms with Crippen LogP contribution in [0.1, 0.15) is 23.3 Å². The number of amides is 2. The van der Waals surface area contributed by atoms with Gasteiger partial charge in [0.05, 0.1) is 11.9 Å². The van der Waals surface area contributed by atoms with E-state index in [1.807, 2.05) is 0 Å². The number of carbonyl (C=O) groups is 2. The van der Waals surface area contributed by atoms with Gasteiger partial charge in [0.15, 0.2) is 5.69 Å². The molecule has 1 aromatic heterocycles. The number of rotatable bonds is 3. The molecule has 2 N–H and O–H groups in total. The average Bonchev–Trinajstić information content (AvgIpc) is 3.05. The first kappa shape index (κ1) is 15.1. The van der Waals surface area contributed by atoms with Crippen molar-refractivity contribution < 1.29 is 14.0 Å². The molecule has 2 amide bonds. The SMILES string of the molecule is NC(=O)C1CCN(C(=O)c2cnn(-c3ccc(F)cc3)n2)CC1. The van der Waals surface area contributed by atoms with Crippen LogP contribution >= 0.6 is 0 Å². The predicted octanol–water partition coefficient (Wildman–Crippen LogP) is 0.744. The molecule has 0 spiro atoms. The Morgan fingerprint density at radius 3 is 2.43 bits per heavy atom. The zero-order valence-corrected chi connectivity index (χ0v) is 12.4. The van der Waals surface area contributed by atoms with E-state index in [4.69, 9.17) is 5.73 Å². The lowest BCUT2D eigenvalue weighted by Gasteiger charge is -2.29. The molecule has 1 aliphatic rings. The van der Waals surface area contributed by atoms with E-state index in [0.717, 1.165) is 0 Å². The third-order valence-electron chi connectivity index (χ3n) is 3.95. The summed E-state index contributed by atoms with van der Waals surface area (Å²) in [6, 6.07) is 5.66. The van der Waals surface area contributed by atoms with Gasteiger partial charge in [-0.1, -0.05) is 0 Å². The van der Waals surface area contributed by atoms with Gasteiger partial charge in [-0.3, -0.25) is 9.59 Å². The molecule has 0 atom stereocenters. The van der Waals surface area contributed by atoms with Crippen LogP contribution in [-0.2, 0) is 4.79 Å². The summed E-state index contributed by atoms with van der Waals surface area (Å²) in [5.41, 5.74) is 6.07. The Morgan fingerprint density at radius 1 is 1.17 bits per heavy atom. The van der Waals surface area contributed by atoms with E-state index in [-0.39, 0.29) is 29.2 Å². The highest BCUT2D eigenvalue weighted by atomic mass is 19.1. The van der Waals surface area contributed by atoms with Crippen LogP contribution in [-0.4, -0.2) is 44.8 Å². The summed E-state index contributed by atoms with van der Waals surface area (Å²) < 4.78 is 12.9. The number of carbonyl (C=O) groups excluding carboxylic acids is 2. The van der Waals surface area contributed by atoms with E-state index in [0.29, 0.717) is 31.6 Å². The van der Waals surface area contributed by atoms with Crippen molar-refractivity contribution in [1.82, 2.24) is 19.9 Å². The molecule has 3 rings (SSSR count). The number of hydrogen-bond donors (Lipinski definition) is 1. The predicted molar refractivity (Wildman–Crippen MR) is 79.1 cm³/mol. The smallest absolute Gasteiger partial charge is 0.276 e.